The monoisotopic (exact) mass is 313 g/mol. The molecule has 9 heteroatoms. The number of hydrazone groups is 1. The Hall–Kier alpha value is -2.42. The van der Waals surface area contributed by atoms with Crippen molar-refractivity contribution < 1.29 is 23.6 Å². The van der Waals surface area contributed by atoms with Crippen LogP contribution in [0.1, 0.15) is 29.3 Å². The molecule has 118 valence electrons. The minimum atomic E-state index is -3.20. The normalized spacial score (nSPS) is 21.2. The number of halogens is 2. The van der Waals surface area contributed by atoms with E-state index in [2.05, 4.69) is 5.10 Å². The minimum Gasteiger partial charge on any atom is -0.364 e. The van der Waals surface area contributed by atoms with E-state index in [1.165, 1.54) is 19.9 Å². The van der Waals surface area contributed by atoms with Crippen LogP contribution in [0, 0.1) is 17.0 Å². The zero-order valence-electron chi connectivity index (χ0n) is 11.8. The maximum atomic E-state index is 13.1. The van der Waals surface area contributed by atoms with E-state index in [0.717, 1.165) is 12.1 Å². The third-order valence-electron chi connectivity index (χ3n) is 3.34. The Morgan fingerprint density at radius 2 is 2.14 bits per heavy atom. The summed E-state index contributed by atoms with van der Waals surface area (Å²) in [5.41, 5.74) is -2.56. The van der Waals surface area contributed by atoms with E-state index in [-0.39, 0.29) is 22.5 Å². The molecule has 1 unspecified atom stereocenters. The standard InChI is InChI=1S/C13H13F2N3O4/c1-7-5-9(3-4-10(7)18(21)22)11(19)17-13(20,12(14)15)6-8(2)16-17/h3-5,12,20H,6H2,1-2H3. The van der Waals surface area contributed by atoms with Crippen molar-refractivity contribution in [2.24, 2.45) is 5.10 Å². The number of alkyl halides is 2. The van der Waals surface area contributed by atoms with Crippen LogP contribution in [0.3, 0.4) is 0 Å². The molecule has 0 bridgehead atoms. The molecule has 1 N–H and O–H groups in total. The highest BCUT2D eigenvalue weighted by Crippen LogP contribution is 2.33. The molecule has 1 aromatic carbocycles. The molecule has 0 radical (unpaired) electrons. The van der Waals surface area contributed by atoms with Gasteiger partial charge in [0, 0.05) is 29.3 Å². The summed E-state index contributed by atoms with van der Waals surface area (Å²) in [4.78, 5) is 22.4. The second-order valence-electron chi connectivity index (χ2n) is 5.07. The van der Waals surface area contributed by atoms with Gasteiger partial charge in [-0.15, -0.1) is 0 Å². The molecule has 0 aromatic heterocycles. The highest BCUT2D eigenvalue weighted by Gasteiger charge is 2.51. The molecule has 1 aliphatic heterocycles. The maximum absolute atomic E-state index is 13.1. The molecule has 1 aromatic rings. The second-order valence-corrected chi connectivity index (χ2v) is 5.07. The van der Waals surface area contributed by atoms with Gasteiger partial charge in [0.15, 0.2) is 0 Å². The number of nitrogens with zero attached hydrogens (tertiary/aromatic N) is 3. The quantitative estimate of drug-likeness (QED) is 0.682. The zero-order valence-corrected chi connectivity index (χ0v) is 11.8. The Bertz CT molecular complexity index is 677. The fourth-order valence-corrected chi connectivity index (χ4v) is 2.25. The van der Waals surface area contributed by atoms with Crippen molar-refractivity contribution in [1.82, 2.24) is 5.01 Å². The van der Waals surface area contributed by atoms with Crippen LogP contribution in [0.4, 0.5) is 14.5 Å². The Morgan fingerprint density at radius 1 is 1.50 bits per heavy atom. The number of rotatable bonds is 3. The van der Waals surface area contributed by atoms with Gasteiger partial charge < -0.3 is 5.11 Å². The number of hydrogen-bond acceptors (Lipinski definition) is 5. The van der Waals surface area contributed by atoms with Crippen LogP contribution in [0.15, 0.2) is 23.3 Å². The molecule has 0 fully saturated rings. The predicted molar refractivity (Wildman–Crippen MR) is 72.7 cm³/mol. The first-order valence-corrected chi connectivity index (χ1v) is 6.31. The van der Waals surface area contributed by atoms with E-state index < -0.39 is 29.4 Å². The number of hydrogen-bond donors (Lipinski definition) is 1. The van der Waals surface area contributed by atoms with E-state index in [0.29, 0.717) is 5.01 Å². The number of nitro benzene ring substituents is 1. The molecular formula is C13H13F2N3O4. The van der Waals surface area contributed by atoms with Gasteiger partial charge in [-0.2, -0.15) is 10.1 Å². The zero-order chi connectivity index (χ0) is 16.7. The number of carbonyl (C=O) groups is 1. The molecule has 0 spiro atoms. The lowest BCUT2D eigenvalue weighted by Gasteiger charge is -2.30. The lowest BCUT2D eigenvalue weighted by molar-refractivity contribution is -0.385. The summed E-state index contributed by atoms with van der Waals surface area (Å²) in [7, 11) is 0. The van der Waals surface area contributed by atoms with Gasteiger partial charge in [-0.1, -0.05) is 0 Å². The van der Waals surface area contributed by atoms with E-state index in [9.17, 15) is 28.8 Å². The molecule has 1 aliphatic rings. The summed E-state index contributed by atoms with van der Waals surface area (Å²) < 4.78 is 26.1. The number of aryl methyl sites for hydroxylation is 1. The highest BCUT2D eigenvalue weighted by atomic mass is 19.3. The van der Waals surface area contributed by atoms with Crippen LogP contribution >= 0.6 is 0 Å². The lowest BCUT2D eigenvalue weighted by Crippen LogP contribution is -2.51. The summed E-state index contributed by atoms with van der Waals surface area (Å²) >= 11 is 0. The summed E-state index contributed by atoms with van der Waals surface area (Å²) in [5.74, 6) is -0.947. The summed E-state index contributed by atoms with van der Waals surface area (Å²) in [5, 5.41) is 24.7. The molecular weight excluding hydrogens is 300 g/mol. The third kappa shape index (κ3) is 2.54. The Balaban J connectivity index is 2.39. The van der Waals surface area contributed by atoms with Crippen molar-refractivity contribution in [3.8, 4) is 0 Å². The fourth-order valence-electron chi connectivity index (χ4n) is 2.25. The van der Waals surface area contributed by atoms with Gasteiger partial charge in [0.2, 0.25) is 5.72 Å². The number of benzene rings is 1. The molecule has 0 saturated heterocycles. The van der Waals surface area contributed by atoms with Crippen LogP contribution in [-0.2, 0) is 0 Å². The van der Waals surface area contributed by atoms with Crippen molar-refractivity contribution >= 4 is 17.3 Å². The number of carbonyl (C=O) groups excluding carboxylic acids is 1. The average molecular weight is 313 g/mol. The van der Waals surface area contributed by atoms with Gasteiger partial charge in [-0.05, 0) is 26.0 Å². The first-order valence-electron chi connectivity index (χ1n) is 6.31. The Morgan fingerprint density at radius 3 is 2.64 bits per heavy atom. The van der Waals surface area contributed by atoms with Crippen LogP contribution in [0.2, 0.25) is 0 Å². The molecule has 0 saturated carbocycles. The Kier molecular flexibility index (Phi) is 3.92. The summed E-state index contributed by atoms with van der Waals surface area (Å²) in [6, 6.07) is 3.45. The number of nitro groups is 1. The molecule has 0 aliphatic carbocycles. The van der Waals surface area contributed by atoms with Gasteiger partial charge in [0.25, 0.3) is 18.0 Å². The van der Waals surface area contributed by atoms with E-state index in [1.807, 2.05) is 0 Å². The van der Waals surface area contributed by atoms with Crippen molar-refractivity contribution in [2.45, 2.75) is 32.4 Å². The first kappa shape index (κ1) is 16.0. The van der Waals surface area contributed by atoms with Gasteiger partial charge in [-0.25, -0.2) is 8.78 Å². The van der Waals surface area contributed by atoms with Crippen LogP contribution < -0.4 is 0 Å². The minimum absolute atomic E-state index is 0.0689. The molecule has 2 rings (SSSR count). The van der Waals surface area contributed by atoms with Gasteiger partial charge in [0.05, 0.1) is 4.92 Å². The van der Waals surface area contributed by atoms with Crippen LogP contribution in [0.5, 0.6) is 0 Å². The molecule has 1 atom stereocenters. The summed E-state index contributed by atoms with van der Waals surface area (Å²) in [6.45, 7) is 2.84. The largest absolute Gasteiger partial charge is 0.364 e. The van der Waals surface area contributed by atoms with E-state index >= 15 is 0 Å². The maximum Gasteiger partial charge on any atom is 0.287 e. The topological polar surface area (TPSA) is 96.0 Å². The van der Waals surface area contributed by atoms with Crippen molar-refractivity contribution in [2.75, 3.05) is 0 Å². The Labute approximate surface area is 124 Å². The predicted octanol–water partition coefficient (Wildman–Crippen LogP) is 2.08. The first-order chi connectivity index (χ1) is 10.2. The molecule has 1 heterocycles. The molecule has 22 heavy (non-hydrogen) atoms. The second kappa shape index (κ2) is 5.41. The van der Waals surface area contributed by atoms with Gasteiger partial charge >= 0.3 is 0 Å². The third-order valence-corrected chi connectivity index (χ3v) is 3.34. The van der Waals surface area contributed by atoms with E-state index in [1.54, 1.807) is 0 Å². The lowest BCUT2D eigenvalue weighted by atomic mass is 10.1. The van der Waals surface area contributed by atoms with Crippen molar-refractivity contribution in [3.63, 3.8) is 0 Å². The van der Waals surface area contributed by atoms with Gasteiger partial charge in [-0.3, -0.25) is 14.9 Å². The average Bonchev–Trinajstić information content (AvgIpc) is 2.74. The number of amides is 1. The fraction of sp³-hybridized carbons (Fsp3) is 0.385. The van der Waals surface area contributed by atoms with Crippen molar-refractivity contribution in [1.29, 1.82) is 0 Å². The van der Waals surface area contributed by atoms with Crippen LogP contribution in [-0.4, -0.2) is 38.8 Å². The molecule has 1 amide bonds. The smallest absolute Gasteiger partial charge is 0.287 e. The molecule has 7 nitrogen and oxygen atoms in total. The van der Waals surface area contributed by atoms with Crippen LogP contribution in [0.25, 0.3) is 0 Å². The van der Waals surface area contributed by atoms with Crippen molar-refractivity contribution in [3.05, 3.63) is 39.4 Å². The SMILES string of the molecule is CC1=NN(C(=O)c2ccc([N+](=O)[O-])c(C)c2)C(O)(C(F)F)C1. The summed E-state index contributed by atoms with van der Waals surface area (Å²) in [6.07, 6.45) is -3.65. The van der Waals surface area contributed by atoms with E-state index in [4.69, 9.17) is 0 Å². The van der Waals surface area contributed by atoms with Gasteiger partial charge in [0.1, 0.15) is 0 Å². The number of aliphatic hydroxyl groups is 1. The highest BCUT2D eigenvalue weighted by molar-refractivity contribution is 5.98.